The predicted molar refractivity (Wildman–Crippen MR) is 130 cm³/mol. The second kappa shape index (κ2) is 10.6. The quantitative estimate of drug-likeness (QED) is 0.371. The number of benzene rings is 2. The lowest BCUT2D eigenvalue weighted by atomic mass is 10.2. The third-order valence-corrected chi connectivity index (χ3v) is 5.38. The van der Waals surface area contributed by atoms with E-state index in [9.17, 15) is 14.4 Å². The molecule has 4 aromatic rings. The minimum Gasteiger partial charge on any atom is -0.383 e. The molecule has 180 valence electrons. The van der Waals surface area contributed by atoms with E-state index in [1.165, 1.54) is 22.9 Å². The van der Waals surface area contributed by atoms with Gasteiger partial charge in [0.1, 0.15) is 5.82 Å². The molecule has 0 radical (unpaired) electrons. The van der Waals surface area contributed by atoms with E-state index < -0.39 is 17.2 Å². The van der Waals surface area contributed by atoms with Crippen LogP contribution in [0, 0.1) is 0 Å². The summed E-state index contributed by atoms with van der Waals surface area (Å²) in [6.07, 6.45) is 1.51. The maximum atomic E-state index is 13.6. The summed E-state index contributed by atoms with van der Waals surface area (Å²) >= 11 is 0. The van der Waals surface area contributed by atoms with Crippen molar-refractivity contribution in [3.63, 3.8) is 0 Å². The zero-order chi connectivity index (χ0) is 24.8. The Hall–Kier alpha value is -4.51. The van der Waals surface area contributed by atoms with Crippen LogP contribution in [0.2, 0.25) is 0 Å². The molecular weight excluding hydrogens is 450 g/mol. The molecule has 35 heavy (non-hydrogen) atoms. The predicted octanol–water partition coefficient (Wildman–Crippen LogP) is 1.25. The smallest absolute Gasteiger partial charge is 0.330 e. The van der Waals surface area contributed by atoms with Crippen LogP contribution in [0.15, 0.2) is 76.4 Å². The molecule has 1 amide bonds. The molecule has 0 aliphatic heterocycles. The van der Waals surface area contributed by atoms with Gasteiger partial charge in [-0.1, -0.05) is 65.9 Å². The number of nitrogen functional groups attached to an aromatic ring is 1. The molecule has 0 aliphatic rings. The zero-order valence-corrected chi connectivity index (χ0v) is 19.1. The van der Waals surface area contributed by atoms with Crippen molar-refractivity contribution in [2.45, 2.75) is 19.6 Å². The Kier molecular flexibility index (Phi) is 7.17. The van der Waals surface area contributed by atoms with E-state index in [4.69, 9.17) is 10.5 Å². The van der Waals surface area contributed by atoms with Gasteiger partial charge in [0.2, 0.25) is 0 Å². The molecule has 0 saturated carbocycles. The Morgan fingerprint density at radius 2 is 1.71 bits per heavy atom. The normalized spacial score (nSPS) is 10.9. The van der Waals surface area contributed by atoms with Crippen LogP contribution in [0.4, 0.5) is 11.5 Å². The van der Waals surface area contributed by atoms with Gasteiger partial charge in [-0.15, -0.1) is 5.10 Å². The lowest BCUT2D eigenvalue weighted by Crippen LogP contribution is -2.41. The third-order valence-electron chi connectivity index (χ3n) is 5.38. The maximum absolute atomic E-state index is 13.6. The van der Waals surface area contributed by atoms with E-state index in [1.807, 2.05) is 60.7 Å². The van der Waals surface area contributed by atoms with Crippen molar-refractivity contribution in [3.8, 4) is 0 Å². The minimum absolute atomic E-state index is 0.0288. The van der Waals surface area contributed by atoms with Crippen LogP contribution in [0.25, 0.3) is 0 Å². The molecule has 0 aliphatic carbocycles. The molecule has 0 unspecified atom stereocenters. The van der Waals surface area contributed by atoms with Crippen molar-refractivity contribution in [2.75, 3.05) is 24.4 Å². The van der Waals surface area contributed by atoms with Crippen LogP contribution in [0.1, 0.15) is 21.6 Å². The second-order valence-corrected chi connectivity index (χ2v) is 7.80. The molecule has 0 fully saturated rings. The largest absolute Gasteiger partial charge is 0.383 e. The number of amides is 1. The summed E-state index contributed by atoms with van der Waals surface area (Å²) in [6, 6.07) is 18.7. The SMILES string of the molecule is COCCn1c(N)c(N(Cc2ccccc2)C(=O)c2cn(Cc3ccccc3)nn2)c(=O)[nH]c1=O. The Morgan fingerprint density at radius 1 is 1.06 bits per heavy atom. The van der Waals surface area contributed by atoms with Crippen molar-refractivity contribution in [2.24, 2.45) is 0 Å². The standard InChI is InChI=1S/C24H25N7O4/c1-35-13-12-30-21(25)20(22(32)26-24(30)34)31(15-18-10-6-3-7-11-18)23(33)19-16-29(28-27-19)14-17-8-4-2-5-9-17/h2-11,16H,12-15,25H2,1H3,(H,26,32,34). The van der Waals surface area contributed by atoms with E-state index in [0.29, 0.717) is 6.54 Å². The number of carbonyl (C=O) groups excluding carboxylic acids is 1. The molecule has 2 aromatic heterocycles. The summed E-state index contributed by atoms with van der Waals surface area (Å²) < 4.78 is 7.74. The summed E-state index contributed by atoms with van der Waals surface area (Å²) in [5.74, 6) is -0.723. The number of ether oxygens (including phenoxy) is 1. The van der Waals surface area contributed by atoms with Crippen LogP contribution >= 0.6 is 0 Å². The van der Waals surface area contributed by atoms with E-state index in [1.54, 1.807) is 0 Å². The fraction of sp³-hybridized carbons (Fsp3) is 0.208. The number of nitrogens with zero attached hydrogens (tertiary/aromatic N) is 5. The number of anilines is 2. The Labute approximate surface area is 200 Å². The number of methoxy groups -OCH3 is 1. The van der Waals surface area contributed by atoms with E-state index >= 15 is 0 Å². The second-order valence-electron chi connectivity index (χ2n) is 7.80. The number of hydrogen-bond donors (Lipinski definition) is 2. The first-order chi connectivity index (χ1) is 17.0. The summed E-state index contributed by atoms with van der Waals surface area (Å²) in [5, 5.41) is 8.09. The highest BCUT2D eigenvalue weighted by Gasteiger charge is 2.27. The molecule has 3 N–H and O–H groups in total. The first-order valence-electron chi connectivity index (χ1n) is 10.9. The minimum atomic E-state index is -0.776. The molecule has 0 spiro atoms. The van der Waals surface area contributed by atoms with Crippen molar-refractivity contribution in [1.29, 1.82) is 0 Å². The highest BCUT2D eigenvalue weighted by Crippen LogP contribution is 2.21. The fourth-order valence-electron chi connectivity index (χ4n) is 3.64. The number of H-pyrrole nitrogens is 1. The van der Waals surface area contributed by atoms with Gasteiger partial charge in [-0.2, -0.15) is 0 Å². The molecule has 0 bridgehead atoms. The van der Waals surface area contributed by atoms with Crippen LogP contribution < -0.4 is 21.9 Å². The van der Waals surface area contributed by atoms with E-state index in [0.717, 1.165) is 15.7 Å². The molecule has 0 saturated heterocycles. The number of carbonyl (C=O) groups is 1. The van der Waals surface area contributed by atoms with Gasteiger partial charge >= 0.3 is 5.69 Å². The molecule has 4 rings (SSSR count). The average molecular weight is 476 g/mol. The number of hydrogen-bond acceptors (Lipinski definition) is 7. The van der Waals surface area contributed by atoms with Gasteiger partial charge in [0.05, 0.1) is 32.4 Å². The molecular formula is C24H25N7O4. The average Bonchev–Trinajstić information content (AvgIpc) is 3.32. The van der Waals surface area contributed by atoms with E-state index in [2.05, 4.69) is 15.3 Å². The van der Waals surface area contributed by atoms with Crippen LogP contribution in [-0.2, 0) is 24.4 Å². The lowest BCUT2D eigenvalue weighted by molar-refractivity contribution is 0.0980. The highest BCUT2D eigenvalue weighted by molar-refractivity contribution is 6.05. The van der Waals surface area contributed by atoms with Gasteiger partial charge in [0.25, 0.3) is 11.5 Å². The van der Waals surface area contributed by atoms with Crippen molar-refractivity contribution < 1.29 is 9.53 Å². The molecule has 0 atom stereocenters. The van der Waals surface area contributed by atoms with Gasteiger partial charge < -0.3 is 10.5 Å². The molecule has 2 aromatic carbocycles. The molecule has 2 heterocycles. The van der Waals surface area contributed by atoms with Crippen LogP contribution in [0.5, 0.6) is 0 Å². The zero-order valence-electron chi connectivity index (χ0n) is 19.1. The third kappa shape index (κ3) is 5.36. The van der Waals surface area contributed by atoms with Gasteiger partial charge in [-0.25, -0.2) is 9.48 Å². The maximum Gasteiger partial charge on any atom is 0.330 e. The summed E-state index contributed by atoms with van der Waals surface area (Å²) in [6.45, 7) is 0.743. The van der Waals surface area contributed by atoms with Crippen molar-refractivity contribution in [1.82, 2.24) is 24.5 Å². The number of nitrogens with two attached hydrogens (primary N) is 1. The van der Waals surface area contributed by atoms with Crippen molar-refractivity contribution >= 4 is 17.4 Å². The summed E-state index contributed by atoms with van der Waals surface area (Å²) in [5.41, 5.74) is 6.43. The molecule has 11 heteroatoms. The van der Waals surface area contributed by atoms with Gasteiger partial charge in [0.15, 0.2) is 11.4 Å². The summed E-state index contributed by atoms with van der Waals surface area (Å²) in [7, 11) is 1.48. The Morgan fingerprint density at radius 3 is 2.37 bits per heavy atom. The van der Waals surface area contributed by atoms with Crippen molar-refractivity contribution in [3.05, 3.63) is 105 Å². The molecule has 11 nitrogen and oxygen atoms in total. The van der Waals surface area contributed by atoms with Gasteiger partial charge in [-0.05, 0) is 11.1 Å². The topological polar surface area (TPSA) is 141 Å². The van der Waals surface area contributed by atoms with Gasteiger partial charge in [0, 0.05) is 7.11 Å². The lowest BCUT2D eigenvalue weighted by Gasteiger charge is -2.24. The van der Waals surface area contributed by atoms with E-state index in [-0.39, 0.29) is 36.9 Å². The first-order valence-corrected chi connectivity index (χ1v) is 10.9. The Bertz CT molecular complexity index is 1410. The first kappa shape index (κ1) is 23.6. The highest BCUT2D eigenvalue weighted by atomic mass is 16.5. The fourth-order valence-corrected chi connectivity index (χ4v) is 3.64. The van der Waals surface area contributed by atoms with Crippen LogP contribution in [-0.4, -0.2) is 44.2 Å². The number of aromatic amines is 1. The number of aromatic nitrogens is 5. The van der Waals surface area contributed by atoms with Crippen LogP contribution in [0.3, 0.4) is 0 Å². The number of rotatable bonds is 9. The Balaban J connectivity index is 1.74. The number of nitrogens with one attached hydrogen (secondary N) is 1. The van der Waals surface area contributed by atoms with Gasteiger partial charge in [-0.3, -0.25) is 24.0 Å². The summed E-state index contributed by atoms with van der Waals surface area (Å²) in [4.78, 5) is 42.3. The monoisotopic (exact) mass is 475 g/mol.